The number of ether oxygens (including phenoxy) is 1. The van der Waals surface area contributed by atoms with Crippen molar-refractivity contribution in [3.63, 3.8) is 0 Å². The first-order valence-corrected chi connectivity index (χ1v) is 10.8. The number of benzene rings is 1. The molecule has 136 valence electrons. The van der Waals surface area contributed by atoms with Crippen LogP contribution in [-0.4, -0.2) is 42.3 Å². The molecule has 3 heterocycles. The predicted octanol–water partition coefficient (Wildman–Crippen LogP) is 4.23. The summed E-state index contributed by atoms with van der Waals surface area (Å²) in [6.45, 7) is 5.92. The molecular formula is C20H23N3OS2. The molecule has 0 unspecified atom stereocenters. The van der Waals surface area contributed by atoms with Crippen LogP contribution in [0.4, 0.5) is 5.69 Å². The Labute approximate surface area is 162 Å². The Kier molecular flexibility index (Phi) is 5.96. The van der Waals surface area contributed by atoms with Gasteiger partial charge in [-0.25, -0.2) is 4.99 Å². The number of rotatable bonds is 6. The van der Waals surface area contributed by atoms with E-state index in [1.807, 2.05) is 18.2 Å². The van der Waals surface area contributed by atoms with Gasteiger partial charge < -0.3 is 9.30 Å². The Balaban J connectivity index is 1.57. The Morgan fingerprint density at radius 1 is 0.962 bits per heavy atom. The minimum Gasteiger partial charge on any atom is -0.379 e. The number of aromatic nitrogens is 1. The largest absolute Gasteiger partial charge is 0.379 e. The molecule has 2 aromatic heterocycles. The van der Waals surface area contributed by atoms with Crippen molar-refractivity contribution in [2.45, 2.75) is 13.0 Å². The minimum atomic E-state index is 0.862. The monoisotopic (exact) mass is 385 g/mol. The van der Waals surface area contributed by atoms with Crippen LogP contribution >= 0.6 is 22.7 Å². The van der Waals surface area contributed by atoms with Gasteiger partial charge in [-0.05, 0) is 30.0 Å². The molecule has 0 spiro atoms. The summed E-state index contributed by atoms with van der Waals surface area (Å²) in [4.78, 5) is 9.76. The lowest BCUT2D eigenvalue weighted by molar-refractivity contribution is 0.0369. The first-order valence-electron chi connectivity index (χ1n) is 9.02. The Morgan fingerprint density at radius 2 is 1.81 bits per heavy atom. The standard InChI is InChI=1S/C20H23N3OS2/c1-2-6-17(7-3-1)21-20-23(10-5-9-22-11-13-24-14-12-22)18(16-26-20)19-8-4-15-25-19/h1-4,6-8,15-16H,5,9-14H2. The number of hydrogen-bond acceptors (Lipinski definition) is 5. The highest BCUT2D eigenvalue weighted by atomic mass is 32.1. The van der Waals surface area contributed by atoms with Gasteiger partial charge in [0.05, 0.1) is 29.5 Å². The number of morpholine rings is 1. The maximum atomic E-state index is 5.45. The van der Waals surface area contributed by atoms with Crippen molar-refractivity contribution in [3.8, 4) is 10.6 Å². The Bertz CT molecular complexity index is 862. The maximum Gasteiger partial charge on any atom is 0.190 e. The second kappa shape index (κ2) is 8.77. The molecule has 0 bridgehead atoms. The third kappa shape index (κ3) is 4.32. The van der Waals surface area contributed by atoms with E-state index in [2.05, 4.69) is 44.5 Å². The number of nitrogens with zero attached hydrogens (tertiary/aromatic N) is 3. The molecule has 0 radical (unpaired) electrons. The summed E-state index contributed by atoms with van der Waals surface area (Å²) in [7, 11) is 0. The van der Waals surface area contributed by atoms with Crippen molar-refractivity contribution in [2.75, 3.05) is 32.8 Å². The molecule has 3 aromatic rings. The molecule has 1 aromatic carbocycles. The average molecular weight is 386 g/mol. The van der Waals surface area contributed by atoms with E-state index in [1.165, 1.54) is 10.6 Å². The summed E-state index contributed by atoms with van der Waals surface area (Å²) in [5, 5.41) is 4.38. The normalized spacial score (nSPS) is 16.2. The first kappa shape index (κ1) is 17.7. The molecule has 1 saturated heterocycles. The molecule has 0 atom stereocenters. The second-order valence-electron chi connectivity index (χ2n) is 6.29. The first-order chi connectivity index (χ1) is 12.9. The molecule has 4 rings (SSSR count). The van der Waals surface area contributed by atoms with Crippen LogP contribution in [0.1, 0.15) is 6.42 Å². The van der Waals surface area contributed by atoms with Gasteiger partial charge in [-0.15, -0.1) is 22.7 Å². The van der Waals surface area contributed by atoms with Gasteiger partial charge in [0.2, 0.25) is 0 Å². The number of hydrogen-bond donors (Lipinski definition) is 0. The summed E-state index contributed by atoms with van der Waals surface area (Å²) < 4.78 is 7.83. The van der Waals surface area contributed by atoms with E-state index in [1.54, 1.807) is 22.7 Å². The molecule has 0 N–H and O–H groups in total. The molecular weight excluding hydrogens is 362 g/mol. The summed E-state index contributed by atoms with van der Waals surface area (Å²) in [6, 6.07) is 14.5. The fourth-order valence-electron chi connectivity index (χ4n) is 3.15. The maximum absolute atomic E-state index is 5.45. The SMILES string of the molecule is c1ccc(N=c2scc(-c3cccs3)n2CCCN2CCOCC2)cc1. The lowest BCUT2D eigenvalue weighted by atomic mass is 10.3. The smallest absolute Gasteiger partial charge is 0.190 e. The zero-order valence-corrected chi connectivity index (χ0v) is 16.3. The van der Waals surface area contributed by atoms with Crippen LogP contribution in [-0.2, 0) is 11.3 Å². The van der Waals surface area contributed by atoms with Crippen LogP contribution in [0, 0.1) is 0 Å². The van der Waals surface area contributed by atoms with Crippen LogP contribution in [0.25, 0.3) is 10.6 Å². The number of para-hydroxylation sites is 1. The summed E-state index contributed by atoms with van der Waals surface area (Å²) in [5.41, 5.74) is 2.29. The highest BCUT2D eigenvalue weighted by Gasteiger charge is 2.12. The van der Waals surface area contributed by atoms with Crippen LogP contribution in [0.2, 0.25) is 0 Å². The number of thiazole rings is 1. The molecule has 1 fully saturated rings. The predicted molar refractivity (Wildman–Crippen MR) is 109 cm³/mol. The van der Waals surface area contributed by atoms with Crippen molar-refractivity contribution in [2.24, 2.45) is 4.99 Å². The lowest BCUT2D eigenvalue weighted by Gasteiger charge is -2.26. The van der Waals surface area contributed by atoms with Gasteiger partial charge in [0.25, 0.3) is 0 Å². The summed E-state index contributed by atoms with van der Waals surface area (Å²) in [6.07, 6.45) is 1.12. The molecule has 26 heavy (non-hydrogen) atoms. The van der Waals surface area contributed by atoms with Gasteiger partial charge in [0.1, 0.15) is 0 Å². The van der Waals surface area contributed by atoms with E-state index in [0.717, 1.165) is 56.3 Å². The topological polar surface area (TPSA) is 29.8 Å². The molecule has 0 saturated carbocycles. The van der Waals surface area contributed by atoms with Gasteiger partial charge in [0, 0.05) is 31.6 Å². The average Bonchev–Trinajstić information content (AvgIpc) is 3.34. The fraction of sp³-hybridized carbons (Fsp3) is 0.350. The quantitative estimate of drug-likeness (QED) is 0.635. The van der Waals surface area contributed by atoms with E-state index < -0.39 is 0 Å². The second-order valence-corrected chi connectivity index (χ2v) is 8.07. The Hall–Kier alpha value is -1.73. The van der Waals surface area contributed by atoms with Crippen molar-refractivity contribution >= 4 is 28.4 Å². The summed E-state index contributed by atoms with van der Waals surface area (Å²) in [5.74, 6) is 0. The number of thiophene rings is 1. The van der Waals surface area contributed by atoms with Gasteiger partial charge in [-0.1, -0.05) is 24.3 Å². The highest BCUT2D eigenvalue weighted by Crippen LogP contribution is 2.25. The third-order valence-corrected chi connectivity index (χ3v) is 6.27. The van der Waals surface area contributed by atoms with Gasteiger partial charge in [-0.3, -0.25) is 4.90 Å². The lowest BCUT2D eigenvalue weighted by Crippen LogP contribution is -2.37. The molecule has 6 heteroatoms. The van der Waals surface area contributed by atoms with Crippen LogP contribution < -0.4 is 4.80 Å². The molecule has 1 aliphatic heterocycles. The highest BCUT2D eigenvalue weighted by molar-refractivity contribution is 7.14. The van der Waals surface area contributed by atoms with E-state index in [4.69, 9.17) is 9.73 Å². The molecule has 1 aliphatic rings. The van der Waals surface area contributed by atoms with Crippen LogP contribution in [0.15, 0.2) is 58.2 Å². The van der Waals surface area contributed by atoms with Gasteiger partial charge in [-0.2, -0.15) is 0 Å². The summed E-state index contributed by atoms with van der Waals surface area (Å²) >= 11 is 3.51. The Morgan fingerprint density at radius 3 is 2.58 bits per heavy atom. The van der Waals surface area contributed by atoms with Crippen molar-refractivity contribution in [3.05, 3.63) is 58.0 Å². The van der Waals surface area contributed by atoms with Crippen LogP contribution in [0.3, 0.4) is 0 Å². The van der Waals surface area contributed by atoms with E-state index >= 15 is 0 Å². The van der Waals surface area contributed by atoms with Gasteiger partial charge >= 0.3 is 0 Å². The van der Waals surface area contributed by atoms with Crippen molar-refractivity contribution in [1.29, 1.82) is 0 Å². The fourth-order valence-corrected chi connectivity index (χ4v) is 4.92. The van der Waals surface area contributed by atoms with Crippen molar-refractivity contribution < 1.29 is 4.74 Å². The molecule has 0 aliphatic carbocycles. The van der Waals surface area contributed by atoms with E-state index in [9.17, 15) is 0 Å². The minimum absolute atomic E-state index is 0.862. The molecule has 4 nitrogen and oxygen atoms in total. The van der Waals surface area contributed by atoms with E-state index in [-0.39, 0.29) is 0 Å². The zero-order chi connectivity index (χ0) is 17.6. The van der Waals surface area contributed by atoms with Crippen LogP contribution in [0.5, 0.6) is 0 Å². The van der Waals surface area contributed by atoms with E-state index in [0.29, 0.717) is 0 Å². The van der Waals surface area contributed by atoms with Gasteiger partial charge in [0.15, 0.2) is 4.80 Å². The zero-order valence-electron chi connectivity index (χ0n) is 14.7. The van der Waals surface area contributed by atoms with Crippen molar-refractivity contribution in [1.82, 2.24) is 9.47 Å². The molecule has 0 amide bonds. The third-order valence-electron chi connectivity index (χ3n) is 4.51.